The lowest BCUT2D eigenvalue weighted by atomic mass is 9.82. The molecule has 2 heteroatoms. The molecular formula is C48H34N2. The predicted molar refractivity (Wildman–Crippen MR) is 210 cm³/mol. The van der Waals surface area contributed by atoms with E-state index in [1.54, 1.807) is 0 Å². The molecule has 0 spiro atoms. The number of fused-ring (bicyclic) bond motifs is 7. The molecule has 2 aromatic heterocycles. The van der Waals surface area contributed by atoms with Gasteiger partial charge in [0, 0.05) is 33.5 Å². The second-order valence-corrected chi connectivity index (χ2v) is 14.0. The number of pyridine rings is 1. The van der Waals surface area contributed by atoms with Crippen molar-refractivity contribution in [1.82, 2.24) is 9.55 Å². The quantitative estimate of drug-likeness (QED) is 0.188. The molecule has 2 nitrogen and oxygen atoms in total. The van der Waals surface area contributed by atoms with Gasteiger partial charge in [0.2, 0.25) is 0 Å². The highest BCUT2D eigenvalue weighted by atomic mass is 15.0. The average molecular weight is 639 g/mol. The van der Waals surface area contributed by atoms with E-state index in [1.807, 2.05) is 6.20 Å². The molecule has 236 valence electrons. The first-order valence-corrected chi connectivity index (χ1v) is 17.4. The molecule has 1 aliphatic carbocycles. The third kappa shape index (κ3) is 4.18. The van der Waals surface area contributed by atoms with Gasteiger partial charge in [-0.05, 0) is 104 Å². The van der Waals surface area contributed by atoms with Crippen molar-refractivity contribution in [3.05, 3.63) is 181 Å². The summed E-state index contributed by atoms with van der Waals surface area (Å²) in [7, 11) is 0. The van der Waals surface area contributed by atoms with Crippen LogP contribution in [0, 0.1) is 0 Å². The fraction of sp³-hybridized carbons (Fsp3) is 0.0625. The van der Waals surface area contributed by atoms with E-state index in [2.05, 4.69) is 187 Å². The molecular weight excluding hydrogens is 605 g/mol. The first-order chi connectivity index (χ1) is 24.6. The first kappa shape index (κ1) is 28.7. The van der Waals surface area contributed by atoms with Crippen LogP contribution in [0.5, 0.6) is 0 Å². The maximum atomic E-state index is 4.63. The number of hydrogen-bond donors (Lipinski definition) is 0. The third-order valence-corrected chi connectivity index (χ3v) is 10.9. The highest BCUT2D eigenvalue weighted by molar-refractivity contribution is 6.17. The zero-order valence-electron chi connectivity index (χ0n) is 28.1. The van der Waals surface area contributed by atoms with Crippen LogP contribution in [0.4, 0.5) is 0 Å². The van der Waals surface area contributed by atoms with Crippen molar-refractivity contribution < 1.29 is 0 Å². The number of benzene rings is 7. The highest BCUT2D eigenvalue weighted by Crippen LogP contribution is 2.52. The SMILES string of the molecule is CC1(C)c2ccccc2-c2c(-c3ccc4c(c3)c3c(-c5cccc(-c6ccnc7ccccc67)c5)cccc3n4-c3ccccc3)cccc21. The molecule has 0 saturated carbocycles. The maximum absolute atomic E-state index is 4.63. The van der Waals surface area contributed by atoms with Gasteiger partial charge in [-0.25, -0.2) is 0 Å². The minimum atomic E-state index is -0.0479. The van der Waals surface area contributed by atoms with Gasteiger partial charge >= 0.3 is 0 Å². The monoisotopic (exact) mass is 638 g/mol. The summed E-state index contributed by atoms with van der Waals surface area (Å²) >= 11 is 0. The summed E-state index contributed by atoms with van der Waals surface area (Å²) in [6, 6.07) is 59.9. The molecule has 0 unspecified atom stereocenters. The maximum Gasteiger partial charge on any atom is 0.0708 e. The molecule has 50 heavy (non-hydrogen) atoms. The second-order valence-electron chi connectivity index (χ2n) is 14.0. The molecule has 9 aromatic rings. The van der Waals surface area contributed by atoms with E-state index >= 15 is 0 Å². The molecule has 1 aliphatic rings. The summed E-state index contributed by atoms with van der Waals surface area (Å²) in [4.78, 5) is 4.63. The Balaban J connectivity index is 1.24. The zero-order valence-corrected chi connectivity index (χ0v) is 28.1. The molecule has 0 fully saturated rings. The number of para-hydroxylation sites is 2. The van der Waals surface area contributed by atoms with Crippen molar-refractivity contribution in [1.29, 1.82) is 0 Å². The van der Waals surface area contributed by atoms with Gasteiger partial charge in [-0.3, -0.25) is 4.98 Å². The van der Waals surface area contributed by atoms with Crippen LogP contribution in [0.15, 0.2) is 170 Å². The first-order valence-electron chi connectivity index (χ1n) is 17.4. The Kier molecular flexibility index (Phi) is 6.25. The van der Waals surface area contributed by atoms with Crippen molar-refractivity contribution in [2.24, 2.45) is 0 Å². The molecule has 7 aromatic carbocycles. The lowest BCUT2D eigenvalue weighted by Gasteiger charge is -2.21. The second kappa shape index (κ2) is 10.9. The van der Waals surface area contributed by atoms with Crippen molar-refractivity contribution >= 4 is 32.7 Å². The van der Waals surface area contributed by atoms with Crippen LogP contribution in [-0.4, -0.2) is 9.55 Å². The zero-order chi connectivity index (χ0) is 33.4. The summed E-state index contributed by atoms with van der Waals surface area (Å²) < 4.78 is 2.42. The van der Waals surface area contributed by atoms with E-state index in [-0.39, 0.29) is 5.41 Å². The topological polar surface area (TPSA) is 17.8 Å². The van der Waals surface area contributed by atoms with Crippen LogP contribution < -0.4 is 0 Å². The summed E-state index contributed by atoms with van der Waals surface area (Å²) in [5, 5.41) is 3.67. The van der Waals surface area contributed by atoms with Crippen molar-refractivity contribution in [2.45, 2.75) is 19.3 Å². The Hall–Kier alpha value is -6.25. The van der Waals surface area contributed by atoms with Crippen molar-refractivity contribution in [3.8, 4) is 50.2 Å². The third-order valence-electron chi connectivity index (χ3n) is 10.9. The Morgan fingerprint density at radius 2 is 1.14 bits per heavy atom. The molecule has 0 radical (unpaired) electrons. The van der Waals surface area contributed by atoms with Gasteiger partial charge in [-0.1, -0.05) is 129 Å². The summed E-state index contributed by atoms with van der Waals surface area (Å²) in [5.41, 5.74) is 17.3. The molecule has 10 rings (SSSR count). The van der Waals surface area contributed by atoms with Gasteiger partial charge in [0.1, 0.15) is 0 Å². The van der Waals surface area contributed by atoms with Crippen LogP contribution in [0.1, 0.15) is 25.0 Å². The number of nitrogens with zero attached hydrogens (tertiary/aromatic N) is 2. The van der Waals surface area contributed by atoms with Crippen LogP contribution in [-0.2, 0) is 5.41 Å². The highest BCUT2D eigenvalue weighted by Gasteiger charge is 2.36. The Labute approximate surface area is 291 Å². The van der Waals surface area contributed by atoms with Crippen LogP contribution >= 0.6 is 0 Å². The molecule has 0 bridgehead atoms. The van der Waals surface area contributed by atoms with Gasteiger partial charge < -0.3 is 4.57 Å². The smallest absolute Gasteiger partial charge is 0.0708 e. The fourth-order valence-corrected chi connectivity index (χ4v) is 8.53. The normalized spacial score (nSPS) is 13.2. The largest absolute Gasteiger partial charge is 0.309 e. The van der Waals surface area contributed by atoms with E-state index < -0.39 is 0 Å². The van der Waals surface area contributed by atoms with E-state index in [1.165, 1.54) is 77.4 Å². The number of rotatable bonds is 4. The van der Waals surface area contributed by atoms with Crippen LogP contribution in [0.2, 0.25) is 0 Å². The molecule has 0 N–H and O–H groups in total. The molecule has 0 amide bonds. The Morgan fingerprint density at radius 3 is 2.04 bits per heavy atom. The molecule has 0 saturated heterocycles. The van der Waals surface area contributed by atoms with Gasteiger partial charge in [0.25, 0.3) is 0 Å². The lowest BCUT2D eigenvalue weighted by Crippen LogP contribution is -2.14. The standard InChI is InChI=1S/C48H34N2/c1-48(2)41-21-8-6-18-39(41)46-36(19-11-22-42(46)48)33-25-26-44-40(30-33)47-37(20-12-24-45(47)50(44)34-15-4-3-5-16-34)32-14-10-13-31(29-32)35-27-28-49-43-23-9-7-17-38(35)43/h3-30H,1-2H3. The van der Waals surface area contributed by atoms with E-state index in [9.17, 15) is 0 Å². The Morgan fingerprint density at radius 1 is 0.460 bits per heavy atom. The molecule has 0 aliphatic heterocycles. The van der Waals surface area contributed by atoms with Crippen molar-refractivity contribution in [3.63, 3.8) is 0 Å². The number of aromatic nitrogens is 2. The van der Waals surface area contributed by atoms with Gasteiger partial charge in [-0.2, -0.15) is 0 Å². The Bertz CT molecular complexity index is 2780. The predicted octanol–water partition coefficient (Wildman–Crippen LogP) is 12.6. The average Bonchev–Trinajstić information content (AvgIpc) is 3.63. The van der Waals surface area contributed by atoms with Gasteiger partial charge in [-0.15, -0.1) is 0 Å². The van der Waals surface area contributed by atoms with Gasteiger partial charge in [0.15, 0.2) is 0 Å². The molecule has 2 heterocycles. The van der Waals surface area contributed by atoms with E-state index in [0.29, 0.717) is 0 Å². The molecule has 0 atom stereocenters. The number of hydrogen-bond acceptors (Lipinski definition) is 1. The summed E-state index contributed by atoms with van der Waals surface area (Å²) in [6.07, 6.45) is 1.92. The lowest BCUT2D eigenvalue weighted by molar-refractivity contribution is 0.660. The van der Waals surface area contributed by atoms with Crippen LogP contribution in [0.3, 0.4) is 0 Å². The fourth-order valence-electron chi connectivity index (χ4n) is 8.53. The summed E-state index contributed by atoms with van der Waals surface area (Å²) in [5.74, 6) is 0. The van der Waals surface area contributed by atoms with E-state index in [0.717, 1.165) is 16.6 Å². The van der Waals surface area contributed by atoms with Crippen LogP contribution in [0.25, 0.3) is 82.9 Å². The van der Waals surface area contributed by atoms with Gasteiger partial charge in [0.05, 0.1) is 16.6 Å². The van der Waals surface area contributed by atoms with Crippen molar-refractivity contribution in [2.75, 3.05) is 0 Å². The minimum Gasteiger partial charge on any atom is -0.309 e. The minimum absolute atomic E-state index is 0.0479. The van der Waals surface area contributed by atoms with E-state index in [4.69, 9.17) is 0 Å². The summed E-state index contributed by atoms with van der Waals surface area (Å²) in [6.45, 7) is 4.71.